The number of benzene rings is 3. The van der Waals surface area contributed by atoms with Crippen molar-refractivity contribution in [2.75, 3.05) is 11.5 Å². The molecule has 0 saturated carbocycles. The molecular weight excluding hydrogens is 518 g/mol. The Labute approximate surface area is 227 Å². The van der Waals surface area contributed by atoms with Gasteiger partial charge in [0, 0.05) is 23.1 Å². The van der Waals surface area contributed by atoms with Crippen LogP contribution in [0, 0.1) is 6.92 Å². The van der Waals surface area contributed by atoms with Crippen molar-refractivity contribution in [3.63, 3.8) is 0 Å². The molecule has 0 fully saturated rings. The Balaban J connectivity index is 2.23. The van der Waals surface area contributed by atoms with Crippen LogP contribution in [0.4, 0.5) is 14.5 Å². The van der Waals surface area contributed by atoms with E-state index in [0.29, 0.717) is 23.6 Å². The number of nitrogens with zero attached hydrogens (tertiary/aromatic N) is 1. The number of carbonyl (C=O) groups is 2. The molecule has 2 amide bonds. The van der Waals surface area contributed by atoms with Gasteiger partial charge in [-0.15, -0.1) is 0 Å². The van der Waals surface area contributed by atoms with Crippen molar-refractivity contribution in [3.8, 4) is 16.9 Å². The Bertz CT molecular complexity index is 1340. The molecule has 0 heterocycles. The lowest BCUT2D eigenvalue weighted by Crippen LogP contribution is -2.54. The van der Waals surface area contributed by atoms with Crippen LogP contribution < -0.4 is 15.4 Å². The van der Waals surface area contributed by atoms with Gasteiger partial charge in [0.15, 0.2) is 6.61 Å². The molecule has 184 valence electrons. The van der Waals surface area contributed by atoms with Gasteiger partial charge in [-0.1, -0.05) is 46.6 Å². The van der Waals surface area contributed by atoms with Crippen molar-refractivity contribution in [3.05, 3.63) is 81.3 Å². The van der Waals surface area contributed by atoms with Gasteiger partial charge in [0.1, 0.15) is 5.75 Å². The minimum Gasteiger partial charge on any atom is -0.485 e. The van der Waals surface area contributed by atoms with Crippen LogP contribution in [-0.4, -0.2) is 53.1 Å². The van der Waals surface area contributed by atoms with Crippen LogP contribution in [0.1, 0.15) is 33.2 Å². The van der Waals surface area contributed by atoms with Gasteiger partial charge in [-0.2, -0.15) is 0 Å². The van der Waals surface area contributed by atoms with Crippen LogP contribution in [0.5, 0.6) is 5.75 Å². The smallest absolute Gasteiger partial charge is 0.278 e. The summed E-state index contributed by atoms with van der Waals surface area (Å²) in [7, 11) is 17.9. The van der Waals surface area contributed by atoms with Crippen molar-refractivity contribution in [1.29, 1.82) is 0 Å². The summed E-state index contributed by atoms with van der Waals surface area (Å²) in [5.74, 6) is -4.91. The SMILES string of the molecule is [B]C([B])([B])N(C(=O)c1c(C)cccc1Cl)c1ccc(-c2cc(C(N)=O)ccc2Cl)cc1OCC(C)(F)F. The molecule has 3 aromatic rings. The first kappa shape index (κ1) is 28.6. The Morgan fingerprint density at radius 3 is 2.27 bits per heavy atom. The number of alkyl halides is 2. The Hall–Kier alpha value is -2.97. The number of rotatable bonds is 8. The molecule has 0 aliphatic heterocycles. The number of amides is 2. The highest BCUT2D eigenvalue weighted by molar-refractivity contribution is 6.62. The highest BCUT2D eigenvalue weighted by Crippen LogP contribution is 2.39. The van der Waals surface area contributed by atoms with Crippen molar-refractivity contribution < 1.29 is 23.1 Å². The summed E-state index contributed by atoms with van der Waals surface area (Å²) in [6, 6.07) is 13.3. The second-order valence-electron chi connectivity index (χ2n) is 8.56. The van der Waals surface area contributed by atoms with Gasteiger partial charge >= 0.3 is 0 Å². The van der Waals surface area contributed by atoms with E-state index in [1.54, 1.807) is 19.1 Å². The molecule has 0 aliphatic rings. The van der Waals surface area contributed by atoms with Crippen LogP contribution in [0.2, 0.25) is 10.0 Å². The molecule has 37 heavy (non-hydrogen) atoms. The fourth-order valence-corrected chi connectivity index (χ4v) is 4.12. The van der Waals surface area contributed by atoms with E-state index < -0.39 is 29.6 Å². The Morgan fingerprint density at radius 1 is 1.03 bits per heavy atom. The number of carbonyl (C=O) groups excluding carboxylic acids is 2. The Kier molecular flexibility index (Phi) is 8.35. The first-order valence-corrected chi connectivity index (χ1v) is 11.6. The van der Waals surface area contributed by atoms with Gasteiger partial charge in [-0.05, 0) is 54.4 Å². The minimum absolute atomic E-state index is 0.0583. The van der Waals surface area contributed by atoms with E-state index in [1.807, 2.05) is 0 Å². The summed E-state index contributed by atoms with van der Waals surface area (Å²) in [6.45, 7) is 1.27. The summed E-state index contributed by atoms with van der Waals surface area (Å²) in [6.07, 6.45) is 0. The number of anilines is 1. The normalized spacial score (nSPS) is 11.7. The average Bonchev–Trinajstić information content (AvgIpc) is 2.77. The molecule has 2 N–H and O–H groups in total. The number of hydrogen-bond donors (Lipinski definition) is 1. The van der Waals surface area contributed by atoms with Crippen LogP contribution >= 0.6 is 23.2 Å². The van der Waals surface area contributed by atoms with Crippen molar-refractivity contribution in [2.45, 2.75) is 25.0 Å². The molecule has 0 atom stereocenters. The largest absolute Gasteiger partial charge is 0.485 e. The molecule has 0 aromatic heterocycles. The van der Waals surface area contributed by atoms with E-state index in [9.17, 15) is 18.4 Å². The molecule has 5 nitrogen and oxygen atoms in total. The molecule has 0 saturated heterocycles. The zero-order valence-electron chi connectivity index (χ0n) is 19.9. The molecule has 3 rings (SSSR count). The number of halogens is 4. The van der Waals surface area contributed by atoms with Crippen molar-refractivity contribution >= 4 is 64.2 Å². The first-order valence-electron chi connectivity index (χ1n) is 10.8. The quantitative estimate of drug-likeness (QED) is 0.418. The van der Waals surface area contributed by atoms with E-state index in [1.165, 1.54) is 42.5 Å². The van der Waals surface area contributed by atoms with Crippen LogP contribution in [0.3, 0.4) is 0 Å². The minimum atomic E-state index is -3.23. The van der Waals surface area contributed by atoms with E-state index in [-0.39, 0.29) is 32.6 Å². The molecule has 12 heteroatoms. The zero-order valence-corrected chi connectivity index (χ0v) is 21.4. The van der Waals surface area contributed by atoms with Crippen LogP contribution in [-0.2, 0) is 0 Å². The second kappa shape index (κ2) is 10.8. The van der Waals surface area contributed by atoms with Gasteiger partial charge in [0.05, 0.1) is 39.8 Å². The topological polar surface area (TPSA) is 72.6 Å². The third kappa shape index (κ3) is 6.68. The maximum atomic E-state index is 13.8. The zero-order chi connectivity index (χ0) is 27.7. The van der Waals surface area contributed by atoms with E-state index in [2.05, 4.69) is 0 Å². The first-order chi connectivity index (χ1) is 17.1. The fraction of sp³-hybridized carbons (Fsp3) is 0.200. The summed E-state index contributed by atoms with van der Waals surface area (Å²) >= 11 is 12.6. The maximum absolute atomic E-state index is 13.8. The third-order valence-corrected chi connectivity index (χ3v) is 5.91. The predicted molar refractivity (Wildman–Crippen MR) is 145 cm³/mol. The van der Waals surface area contributed by atoms with Crippen LogP contribution in [0.15, 0.2) is 54.6 Å². The van der Waals surface area contributed by atoms with Gasteiger partial charge in [0.25, 0.3) is 11.8 Å². The molecule has 0 unspecified atom stereocenters. The molecule has 0 aliphatic carbocycles. The lowest BCUT2D eigenvalue weighted by Gasteiger charge is -2.39. The van der Waals surface area contributed by atoms with E-state index in [4.69, 9.17) is 57.2 Å². The highest BCUT2D eigenvalue weighted by Gasteiger charge is 2.33. The maximum Gasteiger partial charge on any atom is 0.278 e. The van der Waals surface area contributed by atoms with Crippen LogP contribution in [0.25, 0.3) is 11.1 Å². The number of hydrogen-bond acceptors (Lipinski definition) is 3. The summed E-state index contributed by atoms with van der Waals surface area (Å²) < 4.78 is 33.0. The molecule has 0 bridgehead atoms. The van der Waals surface area contributed by atoms with Gasteiger partial charge in [0.2, 0.25) is 5.91 Å². The predicted octanol–water partition coefficient (Wildman–Crippen LogP) is 4.87. The summed E-state index contributed by atoms with van der Waals surface area (Å²) in [5.41, 5.74) is 6.72. The monoisotopic (exact) mass is 536 g/mol. The fourth-order valence-electron chi connectivity index (χ4n) is 3.59. The number of aryl methyl sites for hydroxylation is 1. The van der Waals surface area contributed by atoms with Gasteiger partial charge in [-0.3, -0.25) is 9.59 Å². The molecule has 6 radical (unpaired) electrons. The number of primary amides is 1. The Morgan fingerprint density at radius 2 is 1.70 bits per heavy atom. The summed E-state index contributed by atoms with van der Waals surface area (Å²) in [4.78, 5) is 26.1. The highest BCUT2D eigenvalue weighted by atomic mass is 35.5. The number of ether oxygens (including phenoxy) is 1. The average molecular weight is 537 g/mol. The van der Waals surface area contributed by atoms with Gasteiger partial charge < -0.3 is 15.4 Å². The number of nitrogens with two attached hydrogens (primary N) is 1. The van der Waals surface area contributed by atoms with Crippen molar-refractivity contribution in [1.82, 2.24) is 0 Å². The lowest BCUT2D eigenvalue weighted by atomic mass is 9.48. The molecular formula is C25H19B3Cl2F2N2O3. The lowest BCUT2D eigenvalue weighted by molar-refractivity contribution is -0.0227. The molecule has 0 spiro atoms. The van der Waals surface area contributed by atoms with E-state index in [0.717, 1.165) is 4.90 Å². The standard InChI is InChI=1S/C25H19B3Cl2F2N2O3/c1-13-4-3-5-18(30)21(13)23(36)34(25(26,27)28)19-9-7-14(11-20(19)37-12-24(2,31)32)16-10-15(22(33)35)6-8-17(16)29/h3-11H,12H2,1-2H3,(H2,33,35). The third-order valence-electron chi connectivity index (χ3n) is 5.27. The summed E-state index contributed by atoms with van der Waals surface area (Å²) in [5, 5.41) is -1.94. The van der Waals surface area contributed by atoms with Gasteiger partial charge in [-0.25, -0.2) is 8.78 Å². The van der Waals surface area contributed by atoms with E-state index >= 15 is 0 Å². The van der Waals surface area contributed by atoms with Crippen molar-refractivity contribution in [2.24, 2.45) is 5.73 Å². The second-order valence-corrected chi connectivity index (χ2v) is 9.37. The molecule has 3 aromatic carbocycles.